The maximum Gasteiger partial charge on any atom is 0.433 e. The standard InChI is InChI=1S/C12H10F3N3O/c13-12(14,15)9-3-4-17-10(18-9)2-1-7-5-8(6-7)11(16)19/h3-4,7-8H,5-6H2,(H2,16,19). The lowest BCUT2D eigenvalue weighted by Crippen LogP contribution is -2.34. The fourth-order valence-corrected chi connectivity index (χ4v) is 1.71. The van der Waals surface area contributed by atoms with E-state index >= 15 is 0 Å². The summed E-state index contributed by atoms with van der Waals surface area (Å²) in [5.74, 6) is 4.50. The number of rotatable bonds is 1. The molecule has 0 spiro atoms. The number of nitrogens with zero attached hydrogens (tertiary/aromatic N) is 2. The monoisotopic (exact) mass is 269 g/mol. The zero-order valence-electron chi connectivity index (χ0n) is 9.74. The summed E-state index contributed by atoms with van der Waals surface area (Å²) in [6.07, 6.45) is -2.40. The molecule has 1 aliphatic carbocycles. The smallest absolute Gasteiger partial charge is 0.369 e. The molecular weight excluding hydrogens is 259 g/mol. The van der Waals surface area contributed by atoms with E-state index < -0.39 is 11.9 Å². The van der Waals surface area contributed by atoms with Gasteiger partial charge in [0, 0.05) is 18.0 Å². The quantitative estimate of drug-likeness (QED) is 0.782. The first-order chi connectivity index (χ1) is 8.86. The number of carbonyl (C=O) groups is 1. The second-order valence-corrected chi connectivity index (χ2v) is 4.30. The predicted molar refractivity (Wildman–Crippen MR) is 59.3 cm³/mol. The van der Waals surface area contributed by atoms with Crippen LogP contribution in [0, 0.1) is 23.7 Å². The molecule has 1 saturated carbocycles. The summed E-state index contributed by atoms with van der Waals surface area (Å²) in [5, 5.41) is 0. The third-order valence-electron chi connectivity index (χ3n) is 2.87. The second-order valence-electron chi connectivity index (χ2n) is 4.30. The van der Waals surface area contributed by atoms with Crippen molar-refractivity contribution in [1.29, 1.82) is 0 Å². The van der Waals surface area contributed by atoms with E-state index in [9.17, 15) is 18.0 Å². The van der Waals surface area contributed by atoms with Crippen LogP contribution >= 0.6 is 0 Å². The lowest BCUT2D eigenvalue weighted by Gasteiger charge is -2.28. The van der Waals surface area contributed by atoms with Crippen LogP contribution in [0.5, 0.6) is 0 Å². The Labute approximate surface area is 107 Å². The van der Waals surface area contributed by atoms with Crippen molar-refractivity contribution >= 4 is 5.91 Å². The van der Waals surface area contributed by atoms with Crippen LogP contribution in [0.3, 0.4) is 0 Å². The van der Waals surface area contributed by atoms with Crippen LogP contribution in [-0.4, -0.2) is 15.9 Å². The first-order valence-corrected chi connectivity index (χ1v) is 5.57. The molecule has 0 radical (unpaired) electrons. The molecule has 1 aliphatic rings. The van der Waals surface area contributed by atoms with Gasteiger partial charge in [-0.2, -0.15) is 13.2 Å². The van der Waals surface area contributed by atoms with Crippen molar-refractivity contribution in [2.24, 2.45) is 17.6 Å². The highest BCUT2D eigenvalue weighted by Gasteiger charge is 2.33. The second kappa shape index (κ2) is 4.88. The minimum Gasteiger partial charge on any atom is -0.369 e. The Morgan fingerprint density at radius 3 is 2.68 bits per heavy atom. The molecule has 2 N–H and O–H groups in total. The van der Waals surface area contributed by atoms with Gasteiger partial charge in [-0.05, 0) is 24.8 Å². The van der Waals surface area contributed by atoms with E-state index in [4.69, 9.17) is 5.73 Å². The molecule has 0 saturated heterocycles. The summed E-state index contributed by atoms with van der Waals surface area (Å²) in [6, 6.07) is 0.789. The van der Waals surface area contributed by atoms with Crippen molar-refractivity contribution in [1.82, 2.24) is 9.97 Å². The number of halogens is 3. The van der Waals surface area contributed by atoms with Crippen molar-refractivity contribution in [3.05, 3.63) is 23.8 Å². The van der Waals surface area contributed by atoms with Crippen molar-refractivity contribution < 1.29 is 18.0 Å². The molecule has 1 aromatic heterocycles. The average molecular weight is 269 g/mol. The van der Waals surface area contributed by atoms with Crippen molar-refractivity contribution in [2.45, 2.75) is 19.0 Å². The summed E-state index contributed by atoms with van der Waals surface area (Å²) in [7, 11) is 0. The summed E-state index contributed by atoms with van der Waals surface area (Å²) >= 11 is 0. The molecule has 1 aromatic rings. The number of aromatic nitrogens is 2. The Bertz CT molecular complexity index is 553. The SMILES string of the molecule is NC(=O)C1CC(C#Cc2nccc(C(F)(F)F)n2)C1. The third kappa shape index (κ3) is 3.22. The molecule has 100 valence electrons. The Morgan fingerprint density at radius 2 is 2.11 bits per heavy atom. The largest absolute Gasteiger partial charge is 0.433 e. The Hall–Kier alpha value is -2.10. The number of carbonyl (C=O) groups excluding carboxylic acids is 1. The normalized spacial score (nSPS) is 22.1. The van der Waals surface area contributed by atoms with Gasteiger partial charge in [0.2, 0.25) is 11.7 Å². The molecule has 7 heteroatoms. The Morgan fingerprint density at radius 1 is 1.42 bits per heavy atom. The van der Waals surface area contributed by atoms with Gasteiger partial charge < -0.3 is 5.73 Å². The summed E-state index contributed by atoms with van der Waals surface area (Å²) < 4.78 is 37.2. The number of hydrogen-bond acceptors (Lipinski definition) is 3. The number of hydrogen-bond donors (Lipinski definition) is 1. The van der Waals surface area contributed by atoms with Crippen LogP contribution < -0.4 is 5.73 Å². The topological polar surface area (TPSA) is 68.9 Å². The molecule has 0 aliphatic heterocycles. The highest BCUT2D eigenvalue weighted by molar-refractivity contribution is 5.77. The molecule has 0 bridgehead atoms. The van der Waals surface area contributed by atoms with E-state index in [0.717, 1.165) is 12.3 Å². The lowest BCUT2D eigenvalue weighted by molar-refractivity contribution is -0.141. The first kappa shape index (κ1) is 13.3. The van der Waals surface area contributed by atoms with Gasteiger partial charge in [-0.3, -0.25) is 4.79 Å². The Balaban J connectivity index is 2.04. The summed E-state index contributed by atoms with van der Waals surface area (Å²) in [4.78, 5) is 17.8. The number of nitrogens with two attached hydrogens (primary N) is 1. The number of amides is 1. The number of alkyl halides is 3. The van der Waals surface area contributed by atoms with Crippen LogP contribution in [0.15, 0.2) is 12.3 Å². The molecule has 4 nitrogen and oxygen atoms in total. The van der Waals surface area contributed by atoms with E-state index in [2.05, 4.69) is 21.8 Å². The average Bonchev–Trinajstić information content (AvgIpc) is 2.25. The molecule has 0 atom stereocenters. The van der Waals surface area contributed by atoms with Gasteiger partial charge in [0.25, 0.3) is 0 Å². The van der Waals surface area contributed by atoms with Gasteiger partial charge in [0.1, 0.15) is 5.69 Å². The van der Waals surface area contributed by atoms with E-state index in [0.29, 0.717) is 12.8 Å². The molecular formula is C12H10F3N3O. The highest BCUT2D eigenvalue weighted by Crippen LogP contribution is 2.32. The molecule has 1 heterocycles. The highest BCUT2D eigenvalue weighted by atomic mass is 19.4. The zero-order valence-corrected chi connectivity index (χ0v) is 9.74. The zero-order chi connectivity index (χ0) is 14.0. The first-order valence-electron chi connectivity index (χ1n) is 5.57. The third-order valence-corrected chi connectivity index (χ3v) is 2.87. The van der Waals surface area contributed by atoms with Gasteiger partial charge >= 0.3 is 6.18 Å². The maximum absolute atomic E-state index is 12.4. The molecule has 1 fully saturated rings. The van der Waals surface area contributed by atoms with Crippen LogP contribution in [0.1, 0.15) is 24.4 Å². The molecule has 1 amide bonds. The van der Waals surface area contributed by atoms with E-state index in [1.54, 1.807) is 0 Å². The summed E-state index contributed by atoms with van der Waals surface area (Å²) in [5.41, 5.74) is 4.08. The lowest BCUT2D eigenvalue weighted by atomic mass is 9.75. The molecule has 2 rings (SSSR count). The summed E-state index contributed by atoms with van der Waals surface area (Å²) in [6.45, 7) is 0. The molecule has 0 unspecified atom stereocenters. The maximum atomic E-state index is 12.4. The van der Waals surface area contributed by atoms with Gasteiger partial charge in [-0.25, -0.2) is 9.97 Å². The van der Waals surface area contributed by atoms with Gasteiger partial charge in [-0.1, -0.05) is 5.92 Å². The molecule has 19 heavy (non-hydrogen) atoms. The van der Waals surface area contributed by atoms with E-state index in [1.807, 2.05) is 0 Å². The van der Waals surface area contributed by atoms with Gasteiger partial charge in [0.15, 0.2) is 0 Å². The van der Waals surface area contributed by atoms with Gasteiger partial charge in [-0.15, -0.1) is 0 Å². The van der Waals surface area contributed by atoms with Crippen LogP contribution in [0.25, 0.3) is 0 Å². The van der Waals surface area contributed by atoms with Crippen molar-refractivity contribution in [2.75, 3.05) is 0 Å². The Kier molecular flexibility index (Phi) is 3.42. The van der Waals surface area contributed by atoms with Gasteiger partial charge in [0.05, 0.1) is 0 Å². The van der Waals surface area contributed by atoms with Crippen LogP contribution in [0.2, 0.25) is 0 Å². The fraction of sp³-hybridized carbons (Fsp3) is 0.417. The van der Waals surface area contributed by atoms with Crippen molar-refractivity contribution in [3.8, 4) is 11.8 Å². The van der Waals surface area contributed by atoms with Crippen LogP contribution in [-0.2, 0) is 11.0 Å². The van der Waals surface area contributed by atoms with E-state index in [-0.39, 0.29) is 23.6 Å². The van der Waals surface area contributed by atoms with E-state index in [1.165, 1.54) is 0 Å². The minimum atomic E-state index is -4.51. The van der Waals surface area contributed by atoms with Crippen molar-refractivity contribution in [3.63, 3.8) is 0 Å². The van der Waals surface area contributed by atoms with Crippen LogP contribution in [0.4, 0.5) is 13.2 Å². The minimum absolute atomic E-state index is 0.0318. The molecule has 0 aromatic carbocycles. The number of primary amides is 1. The fourth-order valence-electron chi connectivity index (χ4n) is 1.71. The predicted octanol–water partition coefficient (Wildman–Crippen LogP) is 1.36.